The molecule has 2 heterocycles. The molecule has 1 amide bonds. The number of hydrogen-bond donors (Lipinski definition) is 0. The van der Waals surface area contributed by atoms with E-state index in [1.807, 2.05) is 20.8 Å². The van der Waals surface area contributed by atoms with Gasteiger partial charge in [0.2, 0.25) is 0 Å². The number of piperidine rings is 1. The summed E-state index contributed by atoms with van der Waals surface area (Å²) in [6.45, 7) is 6.75. The average Bonchev–Trinajstić information content (AvgIpc) is 2.79. The second kappa shape index (κ2) is 9.96. The van der Waals surface area contributed by atoms with Gasteiger partial charge in [-0.1, -0.05) is 30.3 Å². The molecule has 1 spiro atoms. The van der Waals surface area contributed by atoms with Crippen LogP contribution in [0.5, 0.6) is 5.75 Å². The molecule has 0 saturated carbocycles. The van der Waals surface area contributed by atoms with Crippen molar-refractivity contribution in [1.82, 2.24) is 4.90 Å². The Morgan fingerprint density at radius 1 is 1.09 bits per heavy atom. The number of hydrogen-bond acceptors (Lipinski definition) is 4. The maximum atomic E-state index is 12.4. The molecule has 0 unspecified atom stereocenters. The summed E-state index contributed by atoms with van der Waals surface area (Å²) in [6, 6.07) is 15.0. The summed E-state index contributed by atoms with van der Waals surface area (Å²) in [5.74, 6) is 2.36. The molecule has 2 aliphatic rings. The first-order chi connectivity index (χ1) is 15.8. The highest BCUT2D eigenvalue weighted by Crippen LogP contribution is 2.41. The van der Waals surface area contributed by atoms with Crippen LogP contribution in [0.15, 0.2) is 42.5 Å². The third-order valence-corrected chi connectivity index (χ3v) is 7.32. The first-order valence-corrected chi connectivity index (χ1v) is 13.0. The summed E-state index contributed by atoms with van der Waals surface area (Å²) in [5, 5.41) is 0. The Morgan fingerprint density at radius 2 is 1.79 bits per heavy atom. The van der Waals surface area contributed by atoms with Crippen molar-refractivity contribution in [2.45, 2.75) is 63.4 Å². The predicted octanol–water partition coefficient (Wildman–Crippen LogP) is 6.65. The smallest absolute Gasteiger partial charge is 0.410 e. The van der Waals surface area contributed by atoms with Crippen molar-refractivity contribution in [2.24, 2.45) is 0 Å². The van der Waals surface area contributed by atoms with Gasteiger partial charge in [0, 0.05) is 37.4 Å². The molecule has 0 radical (unpaired) electrons. The molecule has 2 aromatic rings. The van der Waals surface area contributed by atoms with Crippen molar-refractivity contribution in [2.75, 3.05) is 25.5 Å². The van der Waals surface area contributed by atoms with Crippen LogP contribution in [-0.2, 0) is 16.9 Å². The van der Waals surface area contributed by atoms with E-state index in [2.05, 4.69) is 42.5 Å². The molecule has 0 bridgehead atoms. The second-order valence-corrected chi connectivity index (χ2v) is 11.1. The minimum Gasteiger partial charge on any atom is -0.487 e. The van der Waals surface area contributed by atoms with E-state index in [9.17, 15) is 9.18 Å². The Labute approximate surface area is 200 Å². The van der Waals surface area contributed by atoms with Gasteiger partial charge < -0.3 is 14.4 Å². The minimum absolute atomic E-state index is 0.189. The summed E-state index contributed by atoms with van der Waals surface area (Å²) in [7, 11) is 0. The number of likely N-dealkylation sites (tertiary alicyclic amines) is 1. The van der Waals surface area contributed by atoms with Crippen molar-refractivity contribution in [1.29, 1.82) is 0 Å². The number of benzene rings is 2. The van der Waals surface area contributed by atoms with Crippen LogP contribution < -0.4 is 4.74 Å². The van der Waals surface area contributed by atoms with Crippen molar-refractivity contribution in [3.63, 3.8) is 0 Å². The molecule has 1 fully saturated rings. The lowest BCUT2D eigenvalue weighted by Gasteiger charge is -2.44. The molecule has 33 heavy (non-hydrogen) atoms. The molecular weight excluding hydrogens is 437 g/mol. The summed E-state index contributed by atoms with van der Waals surface area (Å²) in [4.78, 5) is 14.2. The van der Waals surface area contributed by atoms with Crippen LogP contribution in [0.1, 0.15) is 51.2 Å². The van der Waals surface area contributed by atoms with Crippen LogP contribution >= 0.6 is 11.8 Å². The molecule has 0 aromatic heterocycles. The van der Waals surface area contributed by atoms with Crippen LogP contribution in [-0.4, -0.2) is 47.7 Å². The van der Waals surface area contributed by atoms with Crippen molar-refractivity contribution in [3.8, 4) is 16.9 Å². The number of fused-ring (bicyclic) bond motifs is 1. The van der Waals surface area contributed by atoms with Gasteiger partial charge in [-0.15, -0.1) is 0 Å². The van der Waals surface area contributed by atoms with Crippen LogP contribution in [0.3, 0.4) is 0 Å². The van der Waals surface area contributed by atoms with Gasteiger partial charge in [0.15, 0.2) is 0 Å². The lowest BCUT2D eigenvalue weighted by molar-refractivity contribution is -0.0272. The number of aryl methyl sites for hydroxylation is 1. The molecule has 0 atom stereocenters. The Morgan fingerprint density at radius 3 is 2.45 bits per heavy atom. The summed E-state index contributed by atoms with van der Waals surface area (Å²) < 4.78 is 24.4. The third-order valence-electron chi connectivity index (χ3n) is 6.34. The van der Waals surface area contributed by atoms with Gasteiger partial charge >= 0.3 is 6.09 Å². The quantitative estimate of drug-likeness (QED) is 0.458. The molecule has 1 saturated heterocycles. The molecule has 6 heteroatoms. The normalized spacial score (nSPS) is 17.4. The van der Waals surface area contributed by atoms with Crippen molar-refractivity contribution >= 4 is 17.9 Å². The van der Waals surface area contributed by atoms with E-state index >= 15 is 0 Å². The molecular formula is C27H34FNO3S. The summed E-state index contributed by atoms with van der Waals surface area (Å²) in [6.07, 6.45) is 3.37. The molecule has 2 aromatic carbocycles. The van der Waals surface area contributed by atoms with Crippen LogP contribution in [0.2, 0.25) is 0 Å². The minimum atomic E-state index is -0.473. The zero-order valence-electron chi connectivity index (χ0n) is 19.9. The highest BCUT2D eigenvalue weighted by atomic mass is 32.2. The van der Waals surface area contributed by atoms with Crippen molar-refractivity contribution < 1.29 is 18.7 Å². The van der Waals surface area contributed by atoms with Gasteiger partial charge in [-0.05, 0) is 68.0 Å². The lowest BCUT2D eigenvalue weighted by atomic mass is 9.82. The van der Waals surface area contributed by atoms with Crippen LogP contribution in [0, 0.1) is 0 Å². The van der Waals surface area contributed by atoms with Gasteiger partial charge in [0.25, 0.3) is 0 Å². The maximum Gasteiger partial charge on any atom is 0.410 e. The average molecular weight is 472 g/mol. The van der Waals surface area contributed by atoms with Gasteiger partial charge in [-0.2, -0.15) is 11.8 Å². The number of halogens is 1. The van der Waals surface area contributed by atoms with E-state index in [4.69, 9.17) is 9.47 Å². The fourth-order valence-corrected chi connectivity index (χ4v) is 5.20. The topological polar surface area (TPSA) is 38.8 Å². The fourth-order valence-electron chi connectivity index (χ4n) is 4.51. The molecule has 0 aliphatic carbocycles. The Bertz CT molecular complexity index is 962. The summed E-state index contributed by atoms with van der Waals surface area (Å²) >= 11 is 1.62. The third kappa shape index (κ3) is 6.03. The molecule has 2 aliphatic heterocycles. The lowest BCUT2D eigenvalue weighted by Crippen LogP contribution is -2.52. The molecule has 4 rings (SSSR count). The molecule has 0 N–H and O–H groups in total. The Balaban J connectivity index is 1.37. The van der Waals surface area contributed by atoms with Crippen LogP contribution in [0.4, 0.5) is 9.18 Å². The van der Waals surface area contributed by atoms with Gasteiger partial charge in [0.1, 0.15) is 17.0 Å². The highest BCUT2D eigenvalue weighted by Gasteiger charge is 2.41. The van der Waals surface area contributed by atoms with Crippen molar-refractivity contribution in [3.05, 3.63) is 53.6 Å². The van der Waals surface area contributed by atoms with Gasteiger partial charge in [-0.25, -0.2) is 4.79 Å². The SMILES string of the molecule is CC(C)(C)OC(=O)N1CCC2(CCc3cc(-c4ccc(CSCCF)cc4)ccc3O2)CC1. The number of ether oxygens (including phenoxy) is 2. The number of carbonyl (C=O) groups is 1. The predicted molar refractivity (Wildman–Crippen MR) is 133 cm³/mol. The molecule has 178 valence electrons. The highest BCUT2D eigenvalue weighted by molar-refractivity contribution is 7.98. The fraction of sp³-hybridized carbons (Fsp3) is 0.519. The van der Waals surface area contributed by atoms with Crippen LogP contribution in [0.25, 0.3) is 11.1 Å². The standard InChI is InChI=1S/C27H34FNO3S/c1-26(2,3)32-25(30)29-15-12-27(13-16-29)11-10-23-18-22(8-9-24(23)31-27)21-6-4-20(5-7-21)19-33-17-14-28/h4-9,18H,10-17,19H2,1-3H3. The maximum absolute atomic E-state index is 12.4. The van der Waals surface area contributed by atoms with E-state index < -0.39 is 5.60 Å². The Kier molecular flexibility index (Phi) is 7.22. The number of rotatable bonds is 5. The molecule has 4 nitrogen and oxygen atoms in total. The number of amides is 1. The monoisotopic (exact) mass is 471 g/mol. The van der Waals surface area contributed by atoms with E-state index in [0.29, 0.717) is 18.8 Å². The van der Waals surface area contributed by atoms with E-state index in [1.54, 1.807) is 16.7 Å². The number of carbonyl (C=O) groups excluding carboxylic acids is 1. The first kappa shape index (κ1) is 23.9. The van der Waals surface area contributed by atoms with Gasteiger partial charge in [0.05, 0.1) is 6.67 Å². The van der Waals surface area contributed by atoms with E-state index in [0.717, 1.165) is 37.2 Å². The number of thioether (sulfide) groups is 1. The largest absolute Gasteiger partial charge is 0.487 e. The Hall–Kier alpha value is -2.21. The number of alkyl halides is 1. The zero-order chi connectivity index (χ0) is 23.5. The van der Waals surface area contributed by atoms with E-state index in [1.165, 1.54) is 22.3 Å². The second-order valence-electron chi connectivity index (χ2n) is 10.0. The van der Waals surface area contributed by atoms with E-state index in [-0.39, 0.29) is 18.4 Å². The summed E-state index contributed by atoms with van der Waals surface area (Å²) in [5.41, 5.74) is 4.18. The van der Waals surface area contributed by atoms with Gasteiger partial charge in [-0.3, -0.25) is 4.39 Å². The zero-order valence-corrected chi connectivity index (χ0v) is 20.7. The first-order valence-electron chi connectivity index (χ1n) is 11.8. The number of nitrogens with zero attached hydrogens (tertiary/aromatic N) is 1.